The molecule has 2 aromatic carbocycles. The average molecular weight is 491 g/mol. The van der Waals surface area contributed by atoms with Gasteiger partial charge in [0, 0.05) is 43.1 Å². The number of carbonyl (C=O) groups excluding carboxylic acids is 3. The molecule has 0 bridgehead atoms. The highest BCUT2D eigenvalue weighted by molar-refractivity contribution is 7.14. The van der Waals surface area contributed by atoms with Crippen LogP contribution in [0, 0.1) is 5.92 Å². The molecule has 0 aliphatic carbocycles. The molecule has 0 radical (unpaired) electrons. The number of hydrogen-bond donors (Lipinski definition) is 2. The molecule has 1 fully saturated rings. The van der Waals surface area contributed by atoms with E-state index in [-0.39, 0.29) is 24.1 Å². The summed E-state index contributed by atoms with van der Waals surface area (Å²) in [7, 11) is 0. The monoisotopic (exact) mass is 490 g/mol. The molecule has 35 heavy (non-hydrogen) atoms. The molecule has 7 nitrogen and oxygen atoms in total. The summed E-state index contributed by atoms with van der Waals surface area (Å²) in [5.41, 5.74) is 4.79. The minimum absolute atomic E-state index is 0.0364. The molecule has 4 rings (SSSR count). The van der Waals surface area contributed by atoms with Crippen molar-refractivity contribution in [3.8, 4) is 11.3 Å². The van der Waals surface area contributed by atoms with E-state index in [1.807, 2.05) is 41.8 Å². The van der Waals surface area contributed by atoms with Gasteiger partial charge >= 0.3 is 0 Å². The zero-order valence-corrected chi connectivity index (χ0v) is 20.9. The fraction of sp³-hybridized carbons (Fsp3) is 0.333. The predicted octanol–water partition coefficient (Wildman–Crippen LogP) is 4.78. The minimum Gasteiger partial charge on any atom is -0.352 e. The maximum Gasteiger partial charge on any atom is 0.231 e. The summed E-state index contributed by atoms with van der Waals surface area (Å²) in [5, 5.41) is 8.06. The highest BCUT2D eigenvalue weighted by atomic mass is 32.1. The number of aromatic nitrogens is 1. The number of anilines is 2. The van der Waals surface area contributed by atoms with Crippen LogP contribution in [-0.2, 0) is 27.3 Å². The number of nitrogens with zero attached hydrogens (tertiary/aromatic N) is 2. The molecule has 1 unspecified atom stereocenters. The second-order valence-electron chi connectivity index (χ2n) is 8.81. The van der Waals surface area contributed by atoms with Gasteiger partial charge in [0.2, 0.25) is 17.7 Å². The van der Waals surface area contributed by atoms with Crippen LogP contribution < -0.4 is 15.5 Å². The molecule has 3 amide bonds. The van der Waals surface area contributed by atoms with E-state index in [0.717, 1.165) is 41.8 Å². The van der Waals surface area contributed by atoms with E-state index >= 15 is 0 Å². The number of amides is 3. The third-order valence-corrected chi connectivity index (χ3v) is 6.85. The van der Waals surface area contributed by atoms with Crippen LogP contribution in [0.4, 0.5) is 10.8 Å². The Balaban J connectivity index is 1.34. The van der Waals surface area contributed by atoms with E-state index in [0.29, 0.717) is 18.2 Å². The van der Waals surface area contributed by atoms with Crippen molar-refractivity contribution in [2.75, 3.05) is 16.8 Å². The number of nitrogens with one attached hydrogen (secondary N) is 2. The van der Waals surface area contributed by atoms with Gasteiger partial charge < -0.3 is 15.5 Å². The Hall–Kier alpha value is -3.52. The van der Waals surface area contributed by atoms with Crippen molar-refractivity contribution < 1.29 is 14.4 Å². The van der Waals surface area contributed by atoms with Crippen LogP contribution in [0.15, 0.2) is 53.9 Å². The quantitative estimate of drug-likeness (QED) is 0.452. The number of unbranched alkanes of at least 4 members (excludes halogenated alkanes) is 1. The van der Waals surface area contributed by atoms with Gasteiger partial charge in [-0.2, -0.15) is 0 Å². The second kappa shape index (κ2) is 11.3. The number of aryl methyl sites for hydroxylation is 1. The van der Waals surface area contributed by atoms with Gasteiger partial charge in [-0.1, -0.05) is 49.7 Å². The first-order chi connectivity index (χ1) is 16.9. The fourth-order valence-corrected chi connectivity index (χ4v) is 4.77. The molecular weight excluding hydrogens is 460 g/mol. The Morgan fingerprint density at radius 1 is 1.09 bits per heavy atom. The molecule has 2 N–H and O–H groups in total. The lowest BCUT2D eigenvalue weighted by molar-refractivity contribution is -0.122. The normalized spacial score (nSPS) is 15.3. The summed E-state index contributed by atoms with van der Waals surface area (Å²) in [6.07, 6.45) is 3.52. The molecule has 182 valence electrons. The van der Waals surface area contributed by atoms with E-state index in [4.69, 9.17) is 0 Å². The Bertz CT molecular complexity index is 1190. The zero-order chi connectivity index (χ0) is 24.8. The van der Waals surface area contributed by atoms with Crippen molar-refractivity contribution in [1.29, 1.82) is 0 Å². The summed E-state index contributed by atoms with van der Waals surface area (Å²) < 4.78 is 0. The number of benzene rings is 2. The lowest BCUT2D eigenvalue weighted by Gasteiger charge is -2.17. The van der Waals surface area contributed by atoms with Crippen LogP contribution in [-0.4, -0.2) is 29.3 Å². The van der Waals surface area contributed by atoms with Gasteiger partial charge in [0.25, 0.3) is 0 Å². The molecule has 1 saturated heterocycles. The van der Waals surface area contributed by atoms with E-state index in [9.17, 15) is 14.4 Å². The molecule has 1 aliphatic rings. The Morgan fingerprint density at radius 2 is 1.80 bits per heavy atom. The van der Waals surface area contributed by atoms with E-state index < -0.39 is 5.92 Å². The van der Waals surface area contributed by atoms with Gasteiger partial charge in [0.05, 0.1) is 11.6 Å². The van der Waals surface area contributed by atoms with E-state index in [1.54, 1.807) is 4.90 Å². The molecule has 1 atom stereocenters. The molecule has 2 heterocycles. The number of hydrogen-bond acceptors (Lipinski definition) is 5. The first-order valence-corrected chi connectivity index (χ1v) is 12.8. The molecule has 0 spiro atoms. The highest BCUT2D eigenvalue weighted by Gasteiger charge is 2.35. The molecule has 0 saturated carbocycles. The van der Waals surface area contributed by atoms with Crippen LogP contribution in [0.25, 0.3) is 11.3 Å². The third kappa shape index (κ3) is 6.33. The van der Waals surface area contributed by atoms with E-state index in [2.05, 4.69) is 34.7 Å². The van der Waals surface area contributed by atoms with Gasteiger partial charge in [-0.3, -0.25) is 14.4 Å². The summed E-state index contributed by atoms with van der Waals surface area (Å²) in [6, 6.07) is 15.8. The Kier molecular flexibility index (Phi) is 7.92. The van der Waals surface area contributed by atoms with Gasteiger partial charge in [-0.15, -0.1) is 11.3 Å². The summed E-state index contributed by atoms with van der Waals surface area (Å²) in [5.74, 6) is -0.707. The highest BCUT2D eigenvalue weighted by Crippen LogP contribution is 2.29. The lowest BCUT2D eigenvalue weighted by atomic mass is 10.1. The lowest BCUT2D eigenvalue weighted by Crippen LogP contribution is -2.28. The predicted molar refractivity (Wildman–Crippen MR) is 139 cm³/mol. The molecule has 3 aromatic rings. The minimum atomic E-state index is -0.414. The van der Waals surface area contributed by atoms with Crippen LogP contribution in [0.5, 0.6) is 0 Å². The molecule has 8 heteroatoms. The van der Waals surface area contributed by atoms with Crippen molar-refractivity contribution in [2.24, 2.45) is 5.92 Å². The van der Waals surface area contributed by atoms with Crippen molar-refractivity contribution in [1.82, 2.24) is 10.3 Å². The number of rotatable bonds is 9. The topological polar surface area (TPSA) is 91.4 Å². The SMILES string of the molecule is CCCCc1ccc(N2CC(C(=O)Nc3nc(-c4ccc(CNC(C)=O)cc4)cs3)CC2=O)cc1. The third-order valence-electron chi connectivity index (χ3n) is 6.09. The molecular formula is C27H30N4O3S. The van der Waals surface area contributed by atoms with Crippen LogP contribution in [0.2, 0.25) is 0 Å². The van der Waals surface area contributed by atoms with Crippen LogP contribution >= 0.6 is 11.3 Å². The van der Waals surface area contributed by atoms with Crippen molar-refractivity contribution in [3.05, 3.63) is 65.0 Å². The maximum atomic E-state index is 12.9. The van der Waals surface area contributed by atoms with Crippen LogP contribution in [0.1, 0.15) is 44.2 Å². The zero-order valence-electron chi connectivity index (χ0n) is 20.0. The summed E-state index contributed by atoms with van der Waals surface area (Å²) in [4.78, 5) is 42.8. The second-order valence-corrected chi connectivity index (χ2v) is 9.67. The van der Waals surface area contributed by atoms with Crippen molar-refractivity contribution >= 4 is 39.9 Å². The first-order valence-electron chi connectivity index (χ1n) is 11.9. The van der Waals surface area contributed by atoms with Gasteiger partial charge in [0.1, 0.15) is 0 Å². The molecule has 1 aromatic heterocycles. The smallest absolute Gasteiger partial charge is 0.231 e. The Labute approximate surface area is 209 Å². The Morgan fingerprint density at radius 3 is 2.49 bits per heavy atom. The molecule has 1 aliphatic heterocycles. The maximum absolute atomic E-state index is 12.9. The number of carbonyl (C=O) groups is 3. The summed E-state index contributed by atoms with van der Waals surface area (Å²) >= 11 is 1.36. The van der Waals surface area contributed by atoms with Crippen LogP contribution in [0.3, 0.4) is 0 Å². The van der Waals surface area contributed by atoms with Gasteiger partial charge in [-0.25, -0.2) is 4.98 Å². The van der Waals surface area contributed by atoms with E-state index in [1.165, 1.54) is 23.8 Å². The number of thiazole rings is 1. The fourth-order valence-electron chi connectivity index (χ4n) is 4.05. The standard InChI is InChI=1S/C27H30N4O3S/c1-3-4-5-19-8-12-23(13-9-19)31-16-22(14-25(31)33)26(34)30-27-29-24(17-35-27)21-10-6-20(7-11-21)15-28-18(2)32/h6-13,17,22H,3-5,14-16H2,1-2H3,(H,28,32)(H,29,30,34). The van der Waals surface area contributed by atoms with Crippen molar-refractivity contribution in [3.63, 3.8) is 0 Å². The van der Waals surface area contributed by atoms with Crippen molar-refractivity contribution in [2.45, 2.75) is 46.1 Å². The first kappa shape index (κ1) is 24.6. The van der Waals surface area contributed by atoms with Gasteiger partial charge in [0.15, 0.2) is 5.13 Å². The largest absolute Gasteiger partial charge is 0.352 e. The average Bonchev–Trinajstić information content (AvgIpc) is 3.49. The van der Waals surface area contributed by atoms with Gasteiger partial charge in [-0.05, 0) is 36.1 Å². The summed E-state index contributed by atoms with van der Waals surface area (Å²) in [6.45, 7) is 4.51.